The number of aliphatic hydroxyl groups is 1. The van der Waals surface area contributed by atoms with E-state index in [1.165, 1.54) is 6.21 Å². The Labute approximate surface area is 203 Å². The molecule has 1 aromatic heterocycles. The molecule has 182 valence electrons. The molecule has 3 rings (SSSR count). The molecule has 1 saturated heterocycles. The molecule has 0 unspecified atom stereocenters. The molecule has 2 heterocycles. The molecule has 34 heavy (non-hydrogen) atoms. The predicted octanol–water partition coefficient (Wildman–Crippen LogP) is 4.18. The van der Waals surface area contributed by atoms with E-state index in [1.807, 2.05) is 14.0 Å². The molecule has 0 saturated carbocycles. The first-order chi connectivity index (χ1) is 16.2. The minimum Gasteiger partial charge on any atom is -0.506 e. The minimum absolute atomic E-state index is 0.0771. The molecule has 0 aliphatic carbocycles. The van der Waals surface area contributed by atoms with Gasteiger partial charge in [0.2, 0.25) is 0 Å². The molecule has 1 aliphatic heterocycles. The van der Waals surface area contributed by atoms with Crippen LogP contribution in [-0.4, -0.2) is 74.1 Å². The fourth-order valence-electron chi connectivity index (χ4n) is 3.46. The minimum atomic E-state index is -0.825. The number of hydrogen-bond acceptors (Lipinski definition) is 8. The average Bonchev–Trinajstić information content (AvgIpc) is 2.82. The smallest absolute Gasteiger partial charge is 0.343 e. The van der Waals surface area contributed by atoms with Crippen molar-refractivity contribution in [1.29, 1.82) is 0 Å². The summed E-state index contributed by atoms with van der Waals surface area (Å²) >= 11 is 6.33. The quantitative estimate of drug-likeness (QED) is 0.205. The third-order valence-electron chi connectivity index (χ3n) is 5.46. The van der Waals surface area contributed by atoms with E-state index < -0.39 is 17.5 Å². The highest BCUT2D eigenvalue weighted by Gasteiger charge is 2.24. The maximum absolute atomic E-state index is 15.0. The van der Waals surface area contributed by atoms with Crippen molar-refractivity contribution in [3.63, 3.8) is 0 Å². The highest BCUT2D eigenvalue weighted by Crippen LogP contribution is 2.30. The fourth-order valence-corrected chi connectivity index (χ4v) is 3.69. The van der Waals surface area contributed by atoms with Gasteiger partial charge in [0.05, 0.1) is 25.0 Å². The third kappa shape index (κ3) is 5.84. The summed E-state index contributed by atoms with van der Waals surface area (Å²) in [6, 6.07) is 6.29. The Kier molecular flexibility index (Phi) is 8.46. The van der Waals surface area contributed by atoms with Gasteiger partial charge in [0.1, 0.15) is 22.2 Å². The Morgan fingerprint density at radius 1 is 1.29 bits per heavy atom. The van der Waals surface area contributed by atoms with Gasteiger partial charge in [-0.15, -0.1) is 0 Å². The molecule has 1 N–H and O–H groups in total. The third-order valence-corrected chi connectivity index (χ3v) is 5.74. The molecule has 0 bridgehead atoms. The second-order valence-electron chi connectivity index (χ2n) is 7.82. The molecule has 10 heteroatoms. The molecule has 0 atom stereocenters. The summed E-state index contributed by atoms with van der Waals surface area (Å²) in [7, 11) is 3.55. The topological polar surface area (TPSA) is 87.5 Å². The van der Waals surface area contributed by atoms with E-state index in [9.17, 15) is 14.3 Å². The lowest BCUT2D eigenvalue weighted by Gasteiger charge is -2.33. The summed E-state index contributed by atoms with van der Waals surface area (Å²) in [6.07, 6.45) is 1.17. The van der Waals surface area contributed by atoms with Crippen LogP contribution in [0.4, 0.5) is 15.9 Å². The van der Waals surface area contributed by atoms with Gasteiger partial charge in [-0.25, -0.2) is 14.2 Å². The van der Waals surface area contributed by atoms with Crippen molar-refractivity contribution in [2.45, 2.75) is 13.8 Å². The number of aliphatic imine (C=N–C) groups is 1. The molecular formula is C24H28ClFN4O4. The Morgan fingerprint density at radius 3 is 2.62 bits per heavy atom. The van der Waals surface area contributed by atoms with Crippen LogP contribution >= 0.6 is 11.6 Å². The summed E-state index contributed by atoms with van der Waals surface area (Å²) in [5.41, 5.74) is 0.947. The first-order valence-corrected chi connectivity index (χ1v) is 11.2. The van der Waals surface area contributed by atoms with Crippen molar-refractivity contribution in [3.05, 3.63) is 51.9 Å². The number of carbonyl (C=O) groups is 1. The number of aromatic nitrogens is 1. The molecule has 8 nitrogen and oxygen atoms in total. The van der Waals surface area contributed by atoms with Crippen LogP contribution in [0.15, 0.2) is 34.8 Å². The van der Waals surface area contributed by atoms with Crippen molar-refractivity contribution < 1.29 is 23.8 Å². The fraction of sp³-hybridized carbons (Fsp3) is 0.375. The molecule has 2 aromatic rings. The maximum Gasteiger partial charge on any atom is 0.343 e. The molecule has 0 spiro atoms. The second-order valence-corrected chi connectivity index (χ2v) is 8.17. The molecule has 0 radical (unpaired) electrons. The van der Waals surface area contributed by atoms with Crippen LogP contribution in [0.3, 0.4) is 0 Å². The van der Waals surface area contributed by atoms with Gasteiger partial charge in [-0.05, 0) is 50.7 Å². The monoisotopic (exact) mass is 490 g/mol. The van der Waals surface area contributed by atoms with E-state index in [-0.39, 0.29) is 28.7 Å². The van der Waals surface area contributed by atoms with Crippen molar-refractivity contribution in [2.24, 2.45) is 4.99 Å². The van der Waals surface area contributed by atoms with Gasteiger partial charge >= 0.3 is 5.97 Å². The van der Waals surface area contributed by atoms with Gasteiger partial charge in [0, 0.05) is 32.4 Å². The molecule has 0 amide bonds. The van der Waals surface area contributed by atoms with Gasteiger partial charge in [-0.1, -0.05) is 11.6 Å². The number of aliphatic hydroxyl groups excluding tert-OH is 1. The van der Waals surface area contributed by atoms with Crippen LogP contribution in [0.1, 0.15) is 18.1 Å². The van der Waals surface area contributed by atoms with Gasteiger partial charge in [0.25, 0.3) is 0 Å². The van der Waals surface area contributed by atoms with E-state index in [4.69, 9.17) is 21.1 Å². The highest BCUT2D eigenvalue weighted by atomic mass is 35.5. The van der Waals surface area contributed by atoms with Crippen LogP contribution < -0.4 is 9.64 Å². The Morgan fingerprint density at radius 2 is 2.00 bits per heavy atom. The first kappa shape index (κ1) is 25.5. The van der Waals surface area contributed by atoms with Gasteiger partial charge in [-0.3, -0.25) is 4.99 Å². The van der Waals surface area contributed by atoms with E-state index in [0.29, 0.717) is 24.5 Å². The van der Waals surface area contributed by atoms with E-state index in [2.05, 4.69) is 14.9 Å². The summed E-state index contributed by atoms with van der Waals surface area (Å²) in [5.74, 6) is -1.28. The van der Waals surface area contributed by atoms with Gasteiger partial charge in [-0.2, -0.15) is 0 Å². The van der Waals surface area contributed by atoms with E-state index in [0.717, 1.165) is 24.7 Å². The van der Waals surface area contributed by atoms with Gasteiger partial charge in [0.15, 0.2) is 11.6 Å². The number of benzene rings is 1. The summed E-state index contributed by atoms with van der Waals surface area (Å²) in [5, 5.41) is 10.8. The van der Waals surface area contributed by atoms with Crippen LogP contribution in [0.2, 0.25) is 5.15 Å². The van der Waals surface area contributed by atoms with Crippen LogP contribution in [0.25, 0.3) is 5.76 Å². The molecular weight excluding hydrogens is 463 g/mol. The number of rotatable bonds is 7. The number of ether oxygens (including phenoxy) is 2. The zero-order valence-corrected chi connectivity index (χ0v) is 20.4. The van der Waals surface area contributed by atoms with Crippen LogP contribution in [0, 0.1) is 12.7 Å². The average molecular weight is 491 g/mol. The zero-order valence-electron chi connectivity index (χ0n) is 19.6. The van der Waals surface area contributed by atoms with E-state index >= 15 is 0 Å². The van der Waals surface area contributed by atoms with Crippen molar-refractivity contribution >= 4 is 41.0 Å². The number of esters is 1. The molecule has 1 aliphatic rings. The SMILES string of the molecule is CCOC(=O)C(C=Nc1ccc(OC)cc1C)=C(O)c1cc(F)c(N2CCN(C)CC2)nc1Cl. The normalized spacial score (nSPS) is 15.4. The predicted molar refractivity (Wildman–Crippen MR) is 131 cm³/mol. The van der Waals surface area contributed by atoms with Crippen LogP contribution in [-0.2, 0) is 9.53 Å². The summed E-state index contributed by atoms with van der Waals surface area (Å²) in [6.45, 7) is 6.26. The Hall–Kier alpha value is -3.17. The standard InChI is InChI=1S/C24H28ClFN4O4/c1-5-34-24(32)18(14-27-20-7-6-16(33-4)12-15(20)2)21(31)17-13-19(26)23(28-22(17)25)30-10-8-29(3)9-11-30/h6-7,12-14,31H,5,8-11H2,1-4H3. The Balaban J connectivity index is 2.00. The largest absolute Gasteiger partial charge is 0.506 e. The number of halogens is 2. The van der Waals surface area contributed by atoms with Gasteiger partial charge < -0.3 is 24.4 Å². The number of hydrogen-bond donors (Lipinski definition) is 1. The number of aryl methyl sites for hydroxylation is 1. The number of piperazine rings is 1. The lowest BCUT2D eigenvalue weighted by molar-refractivity contribution is -0.137. The molecule has 1 aromatic carbocycles. The first-order valence-electron chi connectivity index (χ1n) is 10.8. The lowest BCUT2D eigenvalue weighted by atomic mass is 10.1. The highest BCUT2D eigenvalue weighted by molar-refractivity contribution is 6.31. The van der Waals surface area contributed by atoms with Crippen LogP contribution in [0.5, 0.6) is 5.75 Å². The lowest BCUT2D eigenvalue weighted by Crippen LogP contribution is -2.45. The maximum atomic E-state index is 15.0. The van der Waals surface area contributed by atoms with Crippen molar-refractivity contribution in [3.8, 4) is 5.75 Å². The second kappa shape index (κ2) is 11.3. The number of nitrogens with zero attached hydrogens (tertiary/aromatic N) is 4. The number of likely N-dealkylation sites (N-methyl/N-ethyl adjacent to an activating group) is 1. The van der Waals surface area contributed by atoms with Crippen molar-refractivity contribution in [2.75, 3.05) is 51.8 Å². The van der Waals surface area contributed by atoms with Crippen molar-refractivity contribution in [1.82, 2.24) is 9.88 Å². The summed E-state index contributed by atoms with van der Waals surface area (Å²) in [4.78, 5) is 25.0. The van der Waals surface area contributed by atoms with E-state index in [1.54, 1.807) is 37.1 Å². The number of methoxy groups -OCH3 is 1. The number of anilines is 1. The summed E-state index contributed by atoms with van der Waals surface area (Å²) < 4.78 is 25.2. The Bertz CT molecular complexity index is 1110. The number of carbonyl (C=O) groups excluding carboxylic acids is 1. The molecule has 1 fully saturated rings. The number of pyridine rings is 1. The zero-order chi connectivity index (χ0) is 24.8.